The molecule has 226 valence electrons. The molecule has 43 heavy (non-hydrogen) atoms. The minimum atomic E-state index is -3.79. The third kappa shape index (κ3) is 7.39. The Balaban J connectivity index is 1.56. The molecule has 4 rings (SSSR count). The summed E-state index contributed by atoms with van der Waals surface area (Å²) in [7, 11) is -3.79. The summed E-state index contributed by atoms with van der Waals surface area (Å²) >= 11 is 5.79. The number of hydrogen-bond acceptors (Lipinski definition) is 6. The number of aromatic nitrogens is 1. The van der Waals surface area contributed by atoms with Crippen molar-refractivity contribution in [2.24, 2.45) is 0 Å². The largest absolute Gasteiger partial charge is 0.350 e. The number of Topliss-reactive ketones (excluding diaryl/α,β-unsaturated/α-hetero) is 1. The minimum absolute atomic E-state index is 0.112. The van der Waals surface area contributed by atoms with Gasteiger partial charge in [0, 0.05) is 47.2 Å². The predicted molar refractivity (Wildman–Crippen MR) is 155 cm³/mol. The highest BCUT2D eigenvalue weighted by Crippen LogP contribution is 2.26. The second-order valence-electron chi connectivity index (χ2n) is 9.87. The summed E-state index contributed by atoms with van der Waals surface area (Å²) in [5.74, 6) is 1.21. The Labute approximate surface area is 251 Å². The topological polar surface area (TPSA) is 135 Å². The summed E-state index contributed by atoms with van der Waals surface area (Å²) in [5.41, 5.74) is 1.14. The molecule has 1 aliphatic heterocycles. The lowest BCUT2D eigenvalue weighted by molar-refractivity contribution is -0.139. The van der Waals surface area contributed by atoms with Crippen LogP contribution < -0.4 is 10.0 Å². The summed E-state index contributed by atoms with van der Waals surface area (Å²) in [6, 6.07) is 7.83. The van der Waals surface area contributed by atoms with Crippen LogP contribution in [0.4, 0.5) is 8.78 Å². The summed E-state index contributed by atoms with van der Waals surface area (Å²) in [6.07, 6.45) is -0.236. The van der Waals surface area contributed by atoms with E-state index >= 15 is 0 Å². The average Bonchev–Trinajstić information content (AvgIpc) is 3.53. The lowest BCUT2D eigenvalue weighted by Gasteiger charge is -2.24. The number of rotatable bonds is 8. The Morgan fingerprint density at radius 2 is 1.91 bits per heavy atom. The molecular weight excluding hydrogens is 606 g/mol. The molecule has 0 bridgehead atoms. The highest BCUT2D eigenvalue weighted by molar-refractivity contribution is 7.90. The van der Waals surface area contributed by atoms with E-state index in [0.29, 0.717) is 22.0 Å². The highest BCUT2D eigenvalue weighted by atomic mass is 35.5. The van der Waals surface area contributed by atoms with Gasteiger partial charge in [-0.2, -0.15) is 0 Å². The van der Waals surface area contributed by atoms with Gasteiger partial charge in [-0.25, -0.2) is 21.9 Å². The molecule has 3 aromatic rings. The van der Waals surface area contributed by atoms with Crippen LogP contribution in [0.1, 0.15) is 41.8 Å². The molecule has 1 aliphatic rings. The fourth-order valence-corrected chi connectivity index (χ4v) is 5.35. The van der Waals surface area contributed by atoms with Gasteiger partial charge in [0.25, 0.3) is 0 Å². The van der Waals surface area contributed by atoms with Gasteiger partial charge >= 0.3 is 5.91 Å². The van der Waals surface area contributed by atoms with E-state index in [4.69, 9.17) is 11.6 Å². The van der Waals surface area contributed by atoms with Crippen LogP contribution in [0.3, 0.4) is 0 Å². The van der Waals surface area contributed by atoms with E-state index in [0.717, 1.165) is 4.90 Å². The van der Waals surface area contributed by atoms with Gasteiger partial charge in [0.05, 0.1) is 22.8 Å². The zero-order valence-electron chi connectivity index (χ0n) is 23.1. The van der Waals surface area contributed by atoms with Gasteiger partial charge in [0.2, 0.25) is 21.8 Å². The molecule has 0 radical (unpaired) electrons. The number of nitrogens with zero attached hydrogens (tertiary/aromatic N) is 2. The number of likely N-dealkylation sites (tertiary alicyclic amines) is 1. The first kappa shape index (κ1) is 31.7. The molecule has 2 heterocycles. The molecule has 2 N–H and O–H groups in total. The Kier molecular flexibility index (Phi) is 9.52. The summed E-state index contributed by atoms with van der Waals surface area (Å²) in [6.45, 7) is 1.83. The van der Waals surface area contributed by atoms with Crippen molar-refractivity contribution in [3.63, 3.8) is 0 Å². The van der Waals surface area contributed by atoms with Crippen LogP contribution in [0.5, 0.6) is 0 Å². The smallest absolute Gasteiger partial charge is 0.309 e. The molecule has 2 aromatic carbocycles. The molecule has 0 aliphatic carbocycles. The first-order valence-electron chi connectivity index (χ1n) is 13.1. The number of amides is 3. The first-order valence-corrected chi connectivity index (χ1v) is 15.2. The molecule has 1 saturated heterocycles. The molecule has 0 saturated carbocycles. The van der Waals surface area contributed by atoms with E-state index in [9.17, 15) is 36.4 Å². The minimum Gasteiger partial charge on any atom is -0.350 e. The van der Waals surface area contributed by atoms with Gasteiger partial charge in [-0.15, -0.1) is 0 Å². The van der Waals surface area contributed by atoms with Gasteiger partial charge in [0.15, 0.2) is 5.78 Å². The number of nitrogens with one attached hydrogen (secondary N) is 2. The van der Waals surface area contributed by atoms with Gasteiger partial charge in [-0.05, 0) is 32.0 Å². The van der Waals surface area contributed by atoms with Crippen LogP contribution in [0, 0.1) is 17.7 Å². The second-order valence-corrected chi connectivity index (χ2v) is 12.3. The summed E-state index contributed by atoms with van der Waals surface area (Å²) in [5, 5.41) is 2.92. The molecule has 1 fully saturated rings. The highest BCUT2D eigenvalue weighted by Gasteiger charge is 2.39. The lowest BCUT2D eigenvalue weighted by Crippen LogP contribution is -2.46. The Hall–Kier alpha value is -4.28. The molecule has 2 atom stereocenters. The molecule has 0 spiro atoms. The quantitative estimate of drug-likeness (QED) is 0.290. The number of benzene rings is 2. The number of halogens is 3. The third-order valence-corrected chi connectivity index (χ3v) is 8.42. The van der Waals surface area contributed by atoms with Gasteiger partial charge < -0.3 is 14.8 Å². The van der Waals surface area contributed by atoms with Crippen molar-refractivity contribution in [1.29, 1.82) is 0 Å². The zero-order chi connectivity index (χ0) is 31.5. The summed E-state index contributed by atoms with van der Waals surface area (Å²) in [4.78, 5) is 51.7. The van der Waals surface area contributed by atoms with Crippen molar-refractivity contribution >= 4 is 56.0 Å². The Bertz CT molecular complexity index is 1800. The number of hydrogen-bond donors (Lipinski definition) is 2. The van der Waals surface area contributed by atoms with Crippen LogP contribution in [-0.4, -0.2) is 65.9 Å². The lowest BCUT2D eigenvalue weighted by atomic mass is 10.1. The van der Waals surface area contributed by atoms with Crippen molar-refractivity contribution in [3.05, 3.63) is 70.1 Å². The van der Waals surface area contributed by atoms with Gasteiger partial charge in [-0.1, -0.05) is 35.7 Å². The van der Waals surface area contributed by atoms with Crippen molar-refractivity contribution in [3.8, 4) is 11.8 Å². The van der Waals surface area contributed by atoms with Gasteiger partial charge in [-0.3, -0.25) is 19.2 Å². The van der Waals surface area contributed by atoms with E-state index in [-0.39, 0.29) is 48.2 Å². The summed E-state index contributed by atoms with van der Waals surface area (Å²) < 4.78 is 55.2. The normalized spacial score (nSPS) is 16.4. The van der Waals surface area contributed by atoms with Crippen molar-refractivity contribution in [2.45, 2.75) is 45.6 Å². The number of carbonyl (C=O) groups excluding carboxylic acids is 4. The van der Waals surface area contributed by atoms with Gasteiger partial charge in [0.1, 0.15) is 24.6 Å². The van der Waals surface area contributed by atoms with Crippen molar-refractivity contribution in [1.82, 2.24) is 19.5 Å². The maximum absolute atomic E-state index is 14.5. The van der Waals surface area contributed by atoms with Crippen LogP contribution >= 0.6 is 11.6 Å². The number of ketones is 1. The Morgan fingerprint density at radius 3 is 2.60 bits per heavy atom. The maximum Gasteiger partial charge on any atom is 0.309 e. The molecule has 14 heteroatoms. The molecular formula is C29H27ClF2N4O6S. The van der Waals surface area contributed by atoms with E-state index in [1.54, 1.807) is 6.07 Å². The molecule has 2 unspecified atom stereocenters. The fourth-order valence-electron chi connectivity index (χ4n) is 4.68. The van der Waals surface area contributed by atoms with Crippen LogP contribution in [0.25, 0.3) is 10.9 Å². The number of sulfonamides is 1. The van der Waals surface area contributed by atoms with Crippen molar-refractivity contribution < 1.29 is 36.4 Å². The maximum atomic E-state index is 14.5. The number of alkyl halides is 1. The molecule has 1 aromatic heterocycles. The van der Waals surface area contributed by atoms with E-state index < -0.39 is 45.8 Å². The van der Waals surface area contributed by atoms with Crippen LogP contribution in [0.2, 0.25) is 5.02 Å². The second kappa shape index (κ2) is 12.9. The van der Waals surface area contributed by atoms with E-state index in [1.165, 1.54) is 54.9 Å². The predicted octanol–water partition coefficient (Wildman–Crippen LogP) is 2.71. The molecule has 3 amide bonds. The standard InChI is InChI=1S/C29H27ClF2N4O6S/c1-3-43(41,42)34-26(38)10-8-18-7-9-21-22(17(2)37)15-35(24(21)11-18)16-27(39)36-14-20(31)12-25(36)29(40)33-13-19-5-4-6-23(30)28(19)32/h4-7,9,11,15,20,25H,3,12-14,16H2,1-2H3,(H,33,40)(H,34,38). The average molecular weight is 633 g/mol. The number of fused-ring (bicyclic) bond motifs is 1. The molecule has 10 nitrogen and oxygen atoms in total. The fraction of sp³-hybridized carbons (Fsp3) is 0.310. The van der Waals surface area contributed by atoms with Crippen LogP contribution in [0.15, 0.2) is 42.6 Å². The third-order valence-electron chi connectivity index (χ3n) is 6.87. The SMILES string of the molecule is CCS(=O)(=O)NC(=O)C#Cc1ccc2c(C(C)=O)cn(CC(=O)N3CC(F)CC3C(=O)NCc3cccc(Cl)c3F)c2c1. The zero-order valence-corrected chi connectivity index (χ0v) is 24.7. The van der Waals surface area contributed by atoms with Crippen LogP contribution in [-0.2, 0) is 37.5 Å². The van der Waals surface area contributed by atoms with E-state index in [2.05, 4.69) is 17.2 Å². The Morgan fingerprint density at radius 1 is 1.16 bits per heavy atom. The first-order chi connectivity index (χ1) is 20.3. The van der Waals surface area contributed by atoms with Crippen molar-refractivity contribution in [2.75, 3.05) is 12.3 Å². The number of carbonyl (C=O) groups is 4. The van der Waals surface area contributed by atoms with E-state index in [1.807, 2.05) is 4.72 Å². The monoisotopic (exact) mass is 632 g/mol.